The largest absolute Gasteiger partial charge is 0.545 e. The van der Waals surface area contributed by atoms with Crippen molar-refractivity contribution in [3.63, 3.8) is 0 Å². The van der Waals surface area contributed by atoms with Gasteiger partial charge in [-0.1, -0.05) is 35.9 Å². The van der Waals surface area contributed by atoms with Gasteiger partial charge < -0.3 is 9.90 Å². The Kier molecular flexibility index (Phi) is 3.34. The van der Waals surface area contributed by atoms with Crippen LogP contribution in [0, 0.1) is 12.7 Å². The predicted octanol–water partition coefficient (Wildman–Crippen LogP) is 2.82. The molecule has 0 aliphatic carbocycles. The Morgan fingerprint density at radius 1 is 1.17 bits per heavy atom. The minimum Gasteiger partial charge on any atom is -0.545 e. The fraction of sp³-hybridized carbons (Fsp3) is 0.0714. The average molecular weight is 264 g/mol. The molecule has 0 aromatic heterocycles. The van der Waals surface area contributed by atoms with Gasteiger partial charge in [-0.15, -0.1) is 0 Å². The van der Waals surface area contributed by atoms with Crippen LogP contribution in [0.15, 0.2) is 36.4 Å². The van der Waals surface area contributed by atoms with Gasteiger partial charge in [0.2, 0.25) is 0 Å². The minimum absolute atomic E-state index is 0.195. The van der Waals surface area contributed by atoms with Crippen LogP contribution in [0.1, 0.15) is 15.9 Å². The van der Waals surface area contributed by atoms with Crippen LogP contribution in [-0.4, -0.2) is 5.97 Å². The highest BCUT2D eigenvalue weighted by Crippen LogP contribution is 2.30. The number of rotatable bonds is 2. The molecule has 0 amide bonds. The fourth-order valence-corrected chi connectivity index (χ4v) is 2.04. The van der Waals surface area contributed by atoms with E-state index in [9.17, 15) is 14.3 Å². The minimum atomic E-state index is -1.41. The molecule has 0 saturated heterocycles. The van der Waals surface area contributed by atoms with E-state index >= 15 is 0 Å². The van der Waals surface area contributed by atoms with E-state index in [1.807, 2.05) is 13.0 Å². The molecule has 0 spiro atoms. The van der Waals surface area contributed by atoms with E-state index in [-0.39, 0.29) is 11.1 Å². The molecule has 0 N–H and O–H groups in total. The molecule has 0 fully saturated rings. The first-order valence-corrected chi connectivity index (χ1v) is 5.64. The molecule has 0 aliphatic heterocycles. The van der Waals surface area contributed by atoms with Crippen molar-refractivity contribution in [2.24, 2.45) is 0 Å². The third-order valence-electron chi connectivity index (χ3n) is 2.62. The summed E-state index contributed by atoms with van der Waals surface area (Å²) in [6, 6.07) is 8.85. The second-order valence-corrected chi connectivity index (χ2v) is 4.37. The summed E-state index contributed by atoms with van der Waals surface area (Å²) in [6.45, 7) is 1.88. The van der Waals surface area contributed by atoms with Gasteiger partial charge in [-0.25, -0.2) is 4.39 Å². The van der Waals surface area contributed by atoms with Gasteiger partial charge in [0.1, 0.15) is 5.82 Å². The summed E-state index contributed by atoms with van der Waals surface area (Å²) in [5.74, 6) is -2.04. The Morgan fingerprint density at radius 3 is 2.39 bits per heavy atom. The third kappa shape index (κ3) is 2.36. The van der Waals surface area contributed by atoms with Crippen LogP contribution >= 0.6 is 11.6 Å². The average Bonchev–Trinajstić information content (AvgIpc) is 2.30. The summed E-state index contributed by atoms with van der Waals surface area (Å²) in [7, 11) is 0. The molecular formula is C14H9ClFO2-. The maximum absolute atomic E-state index is 13.8. The number of carboxylic acids is 1. The summed E-state index contributed by atoms with van der Waals surface area (Å²) in [4.78, 5) is 10.6. The summed E-state index contributed by atoms with van der Waals surface area (Å²) in [5.41, 5.74) is 1.57. The van der Waals surface area contributed by atoms with E-state index in [1.165, 1.54) is 12.1 Å². The second-order valence-electron chi connectivity index (χ2n) is 3.97. The smallest absolute Gasteiger partial charge is 0.131 e. The number of hydrogen-bond donors (Lipinski definition) is 0. The molecule has 2 aromatic carbocycles. The zero-order chi connectivity index (χ0) is 13.3. The first-order chi connectivity index (χ1) is 8.49. The Balaban J connectivity index is 2.54. The zero-order valence-electron chi connectivity index (χ0n) is 9.54. The van der Waals surface area contributed by atoms with Gasteiger partial charge in [0.05, 0.1) is 5.97 Å². The van der Waals surface area contributed by atoms with Gasteiger partial charge >= 0.3 is 0 Å². The van der Waals surface area contributed by atoms with Gasteiger partial charge in [-0.2, -0.15) is 0 Å². The first-order valence-electron chi connectivity index (χ1n) is 5.26. The Bertz CT molecular complexity index is 623. The lowest BCUT2D eigenvalue weighted by Crippen LogP contribution is -2.22. The van der Waals surface area contributed by atoms with Crippen molar-refractivity contribution < 1.29 is 14.3 Å². The Hall–Kier alpha value is -1.87. The molecular weight excluding hydrogens is 255 g/mol. The van der Waals surface area contributed by atoms with E-state index < -0.39 is 11.8 Å². The van der Waals surface area contributed by atoms with E-state index in [2.05, 4.69) is 0 Å². The van der Waals surface area contributed by atoms with Crippen LogP contribution in [0.3, 0.4) is 0 Å². The first kappa shape index (κ1) is 12.6. The standard InChI is InChI=1S/C14H10ClFO2/c1-8-2-4-10(12(15)6-8)11-5-3-9(14(17)18)7-13(11)16/h2-7H,1H3,(H,17,18)/p-1. The van der Waals surface area contributed by atoms with Crippen LogP contribution in [0.5, 0.6) is 0 Å². The molecule has 0 atom stereocenters. The Labute approximate surface area is 109 Å². The quantitative estimate of drug-likeness (QED) is 0.836. The van der Waals surface area contributed by atoms with Gasteiger partial charge in [0.15, 0.2) is 0 Å². The molecule has 0 aliphatic rings. The normalized spacial score (nSPS) is 10.4. The molecule has 0 unspecified atom stereocenters. The third-order valence-corrected chi connectivity index (χ3v) is 2.93. The van der Waals surface area contributed by atoms with E-state index in [0.29, 0.717) is 10.6 Å². The zero-order valence-corrected chi connectivity index (χ0v) is 10.3. The maximum atomic E-state index is 13.8. The van der Waals surface area contributed by atoms with Crippen molar-refractivity contribution >= 4 is 17.6 Å². The molecule has 2 nitrogen and oxygen atoms in total. The molecule has 0 radical (unpaired) electrons. The van der Waals surface area contributed by atoms with Gasteiger partial charge in [0.25, 0.3) is 0 Å². The monoisotopic (exact) mass is 263 g/mol. The molecule has 0 heterocycles. The molecule has 18 heavy (non-hydrogen) atoms. The number of aromatic carboxylic acids is 1. The summed E-state index contributed by atoms with van der Waals surface area (Å²) in [6.07, 6.45) is 0. The number of carbonyl (C=O) groups is 1. The number of carbonyl (C=O) groups excluding carboxylic acids is 1. The van der Waals surface area contributed by atoms with Crippen LogP contribution in [0.4, 0.5) is 4.39 Å². The highest BCUT2D eigenvalue weighted by atomic mass is 35.5. The van der Waals surface area contributed by atoms with Crippen molar-refractivity contribution in [2.75, 3.05) is 0 Å². The lowest BCUT2D eigenvalue weighted by molar-refractivity contribution is -0.255. The topological polar surface area (TPSA) is 40.1 Å². The molecule has 2 rings (SSSR count). The second kappa shape index (κ2) is 4.78. The molecule has 2 aromatic rings. The number of hydrogen-bond acceptors (Lipinski definition) is 2. The number of benzene rings is 2. The van der Waals surface area contributed by atoms with Crippen molar-refractivity contribution in [2.45, 2.75) is 6.92 Å². The van der Waals surface area contributed by atoms with E-state index in [0.717, 1.165) is 11.6 Å². The highest BCUT2D eigenvalue weighted by molar-refractivity contribution is 6.33. The van der Waals surface area contributed by atoms with E-state index in [4.69, 9.17) is 11.6 Å². The van der Waals surface area contributed by atoms with Crippen molar-refractivity contribution in [3.8, 4) is 11.1 Å². The highest BCUT2D eigenvalue weighted by Gasteiger charge is 2.10. The van der Waals surface area contributed by atoms with Crippen LogP contribution in [0.2, 0.25) is 5.02 Å². The summed E-state index contributed by atoms with van der Waals surface area (Å²) < 4.78 is 13.8. The number of halogens is 2. The SMILES string of the molecule is Cc1ccc(-c2ccc(C(=O)[O-])cc2F)c(Cl)c1. The van der Waals surface area contributed by atoms with E-state index in [1.54, 1.807) is 12.1 Å². The van der Waals surface area contributed by atoms with Crippen molar-refractivity contribution in [1.82, 2.24) is 0 Å². The molecule has 4 heteroatoms. The lowest BCUT2D eigenvalue weighted by Gasteiger charge is -2.09. The summed E-state index contributed by atoms with van der Waals surface area (Å²) >= 11 is 6.04. The van der Waals surface area contributed by atoms with Crippen LogP contribution in [0.25, 0.3) is 11.1 Å². The Morgan fingerprint density at radius 2 is 1.83 bits per heavy atom. The van der Waals surface area contributed by atoms with Gasteiger partial charge in [0, 0.05) is 21.7 Å². The van der Waals surface area contributed by atoms with Crippen molar-refractivity contribution in [3.05, 3.63) is 58.4 Å². The van der Waals surface area contributed by atoms with Gasteiger partial charge in [-0.05, 0) is 24.6 Å². The maximum Gasteiger partial charge on any atom is 0.131 e. The number of aryl methyl sites for hydroxylation is 1. The molecule has 92 valence electrons. The molecule has 0 bridgehead atoms. The van der Waals surface area contributed by atoms with Crippen LogP contribution < -0.4 is 5.11 Å². The van der Waals surface area contributed by atoms with Crippen molar-refractivity contribution in [1.29, 1.82) is 0 Å². The fourth-order valence-electron chi connectivity index (χ4n) is 1.70. The molecule has 0 saturated carbocycles. The lowest BCUT2D eigenvalue weighted by atomic mass is 10.0. The van der Waals surface area contributed by atoms with Crippen LogP contribution in [-0.2, 0) is 0 Å². The predicted molar refractivity (Wildman–Crippen MR) is 65.9 cm³/mol. The van der Waals surface area contributed by atoms with Gasteiger partial charge in [-0.3, -0.25) is 0 Å². The summed E-state index contributed by atoms with van der Waals surface area (Å²) in [5, 5.41) is 11.0. The number of carboxylic acid groups (broad SMARTS) is 1.